The van der Waals surface area contributed by atoms with Crippen LogP contribution in [0.5, 0.6) is 5.75 Å². The van der Waals surface area contributed by atoms with E-state index in [4.69, 9.17) is 22.1 Å². The van der Waals surface area contributed by atoms with Gasteiger partial charge in [-0.05, 0) is 44.1 Å². The summed E-state index contributed by atoms with van der Waals surface area (Å²) in [7, 11) is 0. The lowest BCUT2D eigenvalue weighted by Gasteiger charge is -2.34. The van der Waals surface area contributed by atoms with Gasteiger partial charge in [0.25, 0.3) is 5.91 Å². The number of ether oxygens (including phenoxy) is 1. The number of hydrogen-bond donors (Lipinski definition) is 1. The van der Waals surface area contributed by atoms with Crippen LogP contribution in [0.2, 0.25) is 5.02 Å². The molecule has 2 aliphatic rings. The number of fused-ring (bicyclic) bond motifs is 1. The first-order valence-corrected chi connectivity index (χ1v) is 7.72. The monoisotopic (exact) mass is 309 g/mol. The third-order valence-corrected chi connectivity index (χ3v) is 4.37. The normalized spacial score (nSPS) is 20.3. The molecule has 1 amide bonds. The minimum atomic E-state index is -0.0153. The van der Waals surface area contributed by atoms with E-state index in [2.05, 4.69) is 4.90 Å². The third-order valence-electron chi connectivity index (χ3n) is 4.14. The number of anilines is 1. The van der Waals surface area contributed by atoms with Crippen LogP contribution in [0.25, 0.3) is 0 Å². The summed E-state index contributed by atoms with van der Waals surface area (Å²) in [5, 5.41) is 0.612. The first-order chi connectivity index (χ1) is 10.1. The Kier molecular flexibility index (Phi) is 4.33. The molecule has 3 rings (SSSR count). The van der Waals surface area contributed by atoms with Crippen LogP contribution in [0.15, 0.2) is 18.2 Å². The summed E-state index contributed by atoms with van der Waals surface area (Å²) < 4.78 is 5.45. The zero-order chi connectivity index (χ0) is 14.8. The molecule has 114 valence electrons. The zero-order valence-corrected chi connectivity index (χ0v) is 12.7. The van der Waals surface area contributed by atoms with Crippen LogP contribution < -0.4 is 15.4 Å². The fourth-order valence-electron chi connectivity index (χ4n) is 2.84. The Morgan fingerprint density at radius 3 is 2.81 bits per heavy atom. The van der Waals surface area contributed by atoms with Gasteiger partial charge in [0.2, 0.25) is 0 Å². The van der Waals surface area contributed by atoms with E-state index < -0.39 is 0 Å². The molecule has 0 saturated carbocycles. The van der Waals surface area contributed by atoms with Crippen molar-refractivity contribution in [2.24, 2.45) is 5.73 Å². The molecule has 5 nitrogen and oxygen atoms in total. The van der Waals surface area contributed by atoms with Crippen LogP contribution in [0.4, 0.5) is 5.69 Å². The van der Waals surface area contributed by atoms with Gasteiger partial charge in [0.15, 0.2) is 6.61 Å². The molecule has 0 aliphatic carbocycles. The van der Waals surface area contributed by atoms with Gasteiger partial charge < -0.3 is 20.3 Å². The van der Waals surface area contributed by atoms with Crippen LogP contribution in [0.3, 0.4) is 0 Å². The van der Waals surface area contributed by atoms with Gasteiger partial charge in [-0.15, -0.1) is 0 Å². The second-order valence-corrected chi connectivity index (χ2v) is 6.06. The van der Waals surface area contributed by atoms with Crippen molar-refractivity contribution in [1.29, 1.82) is 0 Å². The summed E-state index contributed by atoms with van der Waals surface area (Å²) in [6, 6.07) is 5.71. The predicted octanol–water partition coefficient (Wildman–Crippen LogP) is 1.49. The van der Waals surface area contributed by atoms with E-state index in [1.807, 2.05) is 6.07 Å². The van der Waals surface area contributed by atoms with E-state index in [0.717, 1.165) is 43.9 Å². The Morgan fingerprint density at radius 2 is 2.05 bits per heavy atom. The standard InChI is InChI=1S/C15H20ClN3O2/c16-11-1-2-14-13(9-11)19(15(20)10-21-14)8-7-18-5-3-12(17)4-6-18/h1-2,9,12H,3-8,10,17H2. The van der Waals surface area contributed by atoms with E-state index in [-0.39, 0.29) is 12.5 Å². The fraction of sp³-hybridized carbons (Fsp3) is 0.533. The SMILES string of the molecule is NC1CCN(CCN2C(=O)COc3ccc(Cl)cc32)CC1. The smallest absolute Gasteiger partial charge is 0.265 e. The number of hydrogen-bond acceptors (Lipinski definition) is 4. The maximum atomic E-state index is 12.1. The molecule has 0 spiro atoms. The van der Waals surface area contributed by atoms with Crippen LogP contribution in [0, 0.1) is 0 Å². The molecule has 1 aromatic carbocycles. The summed E-state index contributed by atoms with van der Waals surface area (Å²) in [6.07, 6.45) is 2.05. The number of nitrogens with zero attached hydrogens (tertiary/aromatic N) is 2. The largest absolute Gasteiger partial charge is 0.482 e. The second kappa shape index (κ2) is 6.22. The van der Waals surface area contributed by atoms with Crippen molar-refractivity contribution in [2.75, 3.05) is 37.7 Å². The summed E-state index contributed by atoms with van der Waals surface area (Å²) >= 11 is 6.04. The molecular weight excluding hydrogens is 290 g/mol. The van der Waals surface area contributed by atoms with Crippen LogP contribution in [0.1, 0.15) is 12.8 Å². The zero-order valence-electron chi connectivity index (χ0n) is 11.9. The topological polar surface area (TPSA) is 58.8 Å². The van der Waals surface area contributed by atoms with Crippen molar-refractivity contribution < 1.29 is 9.53 Å². The number of likely N-dealkylation sites (tertiary alicyclic amines) is 1. The van der Waals surface area contributed by atoms with Gasteiger partial charge in [-0.3, -0.25) is 4.79 Å². The highest BCUT2D eigenvalue weighted by molar-refractivity contribution is 6.31. The van der Waals surface area contributed by atoms with Crippen LogP contribution in [-0.2, 0) is 4.79 Å². The lowest BCUT2D eigenvalue weighted by Crippen LogP contribution is -2.46. The maximum absolute atomic E-state index is 12.1. The van der Waals surface area contributed by atoms with Crippen molar-refractivity contribution in [1.82, 2.24) is 4.90 Å². The van der Waals surface area contributed by atoms with Gasteiger partial charge in [0, 0.05) is 24.2 Å². The number of halogens is 1. The van der Waals surface area contributed by atoms with Gasteiger partial charge in [0.05, 0.1) is 5.69 Å². The van der Waals surface area contributed by atoms with Gasteiger partial charge >= 0.3 is 0 Å². The summed E-state index contributed by atoms with van der Waals surface area (Å²) in [6.45, 7) is 3.61. The van der Waals surface area contributed by atoms with E-state index in [1.54, 1.807) is 17.0 Å². The van der Waals surface area contributed by atoms with Crippen molar-refractivity contribution in [3.63, 3.8) is 0 Å². The van der Waals surface area contributed by atoms with Crippen molar-refractivity contribution in [3.8, 4) is 5.75 Å². The maximum Gasteiger partial charge on any atom is 0.265 e. The van der Waals surface area contributed by atoms with Crippen molar-refractivity contribution in [2.45, 2.75) is 18.9 Å². The Balaban J connectivity index is 1.67. The van der Waals surface area contributed by atoms with E-state index in [0.29, 0.717) is 17.6 Å². The van der Waals surface area contributed by atoms with Crippen LogP contribution in [-0.4, -0.2) is 49.6 Å². The number of piperidine rings is 1. The minimum absolute atomic E-state index is 0.0153. The molecule has 0 radical (unpaired) electrons. The van der Waals surface area contributed by atoms with E-state index >= 15 is 0 Å². The lowest BCUT2D eigenvalue weighted by molar-refractivity contribution is -0.121. The minimum Gasteiger partial charge on any atom is -0.482 e. The number of carbonyl (C=O) groups is 1. The molecule has 1 saturated heterocycles. The molecule has 1 fully saturated rings. The highest BCUT2D eigenvalue weighted by atomic mass is 35.5. The number of amides is 1. The quantitative estimate of drug-likeness (QED) is 0.919. The molecule has 0 unspecified atom stereocenters. The molecule has 0 aromatic heterocycles. The van der Waals surface area contributed by atoms with Crippen LogP contribution >= 0.6 is 11.6 Å². The van der Waals surface area contributed by atoms with Crippen molar-refractivity contribution >= 4 is 23.2 Å². The number of benzene rings is 1. The third kappa shape index (κ3) is 3.31. The van der Waals surface area contributed by atoms with E-state index in [1.165, 1.54) is 0 Å². The average molecular weight is 310 g/mol. The lowest BCUT2D eigenvalue weighted by atomic mass is 10.1. The molecule has 0 bridgehead atoms. The van der Waals surface area contributed by atoms with Gasteiger partial charge in [-0.1, -0.05) is 11.6 Å². The number of carbonyl (C=O) groups excluding carboxylic acids is 1. The molecule has 1 aromatic rings. The predicted molar refractivity (Wildman–Crippen MR) is 82.9 cm³/mol. The summed E-state index contributed by atoms with van der Waals surface area (Å²) in [5.41, 5.74) is 6.69. The number of nitrogens with two attached hydrogens (primary N) is 1. The Morgan fingerprint density at radius 1 is 1.29 bits per heavy atom. The Hall–Kier alpha value is -1.30. The highest BCUT2D eigenvalue weighted by Gasteiger charge is 2.26. The Labute approximate surface area is 129 Å². The molecule has 6 heteroatoms. The molecular formula is C15H20ClN3O2. The van der Waals surface area contributed by atoms with Crippen molar-refractivity contribution in [3.05, 3.63) is 23.2 Å². The molecule has 2 heterocycles. The number of rotatable bonds is 3. The Bertz CT molecular complexity index is 530. The van der Waals surface area contributed by atoms with E-state index in [9.17, 15) is 4.79 Å². The highest BCUT2D eigenvalue weighted by Crippen LogP contribution is 2.34. The average Bonchev–Trinajstić information content (AvgIpc) is 2.48. The van der Waals surface area contributed by atoms with Gasteiger partial charge in [-0.25, -0.2) is 0 Å². The fourth-order valence-corrected chi connectivity index (χ4v) is 3.00. The first-order valence-electron chi connectivity index (χ1n) is 7.34. The summed E-state index contributed by atoms with van der Waals surface area (Å²) in [5.74, 6) is 0.707. The second-order valence-electron chi connectivity index (χ2n) is 5.63. The molecule has 2 aliphatic heterocycles. The summed E-state index contributed by atoms with van der Waals surface area (Å²) in [4.78, 5) is 16.2. The molecule has 2 N–H and O–H groups in total. The first kappa shape index (κ1) is 14.6. The van der Waals surface area contributed by atoms with Gasteiger partial charge in [-0.2, -0.15) is 0 Å². The van der Waals surface area contributed by atoms with Gasteiger partial charge in [0.1, 0.15) is 5.75 Å². The molecule has 21 heavy (non-hydrogen) atoms. The molecule has 0 atom stereocenters.